The predicted molar refractivity (Wildman–Crippen MR) is 147 cm³/mol. The Morgan fingerprint density at radius 1 is 0.757 bits per heavy atom. The third-order valence-electron chi connectivity index (χ3n) is 7.24. The fraction of sp³-hybridized carbons (Fsp3) is 0.833. The molecule has 7 heteroatoms. The molecule has 0 unspecified atom stereocenters. The van der Waals surface area contributed by atoms with Crippen molar-refractivity contribution in [3.63, 3.8) is 0 Å². The summed E-state index contributed by atoms with van der Waals surface area (Å²) in [6, 6.07) is 0. The molecule has 4 atom stereocenters. The molecule has 0 aromatic rings. The van der Waals surface area contributed by atoms with E-state index in [1.807, 2.05) is 34.6 Å². The number of ketones is 3. The molecule has 2 saturated heterocycles. The first-order chi connectivity index (χ1) is 17.0. The third kappa shape index (κ3) is 19.7. The lowest BCUT2D eigenvalue weighted by Crippen LogP contribution is -2.21. The molecule has 2 aliphatic rings. The van der Waals surface area contributed by atoms with Gasteiger partial charge in [-0.2, -0.15) is 0 Å². The summed E-state index contributed by atoms with van der Waals surface area (Å²) < 4.78 is 10.1. The van der Waals surface area contributed by atoms with E-state index in [1.54, 1.807) is 20.8 Å². The molecular weight excluding hydrogens is 472 g/mol. The molecular formula is C30H54O7. The summed E-state index contributed by atoms with van der Waals surface area (Å²) >= 11 is 0. The van der Waals surface area contributed by atoms with E-state index < -0.39 is 0 Å². The van der Waals surface area contributed by atoms with Crippen molar-refractivity contribution >= 4 is 29.3 Å². The van der Waals surface area contributed by atoms with Gasteiger partial charge in [0.25, 0.3) is 0 Å². The number of carbonyl (C=O) groups is 5. The highest BCUT2D eigenvalue weighted by atomic mass is 16.6. The minimum Gasteiger partial charge on any atom is -0.459 e. The lowest BCUT2D eigenvalue weighted by atomic mass is 10.0. The van der Waals surface area contributed by atoms with Gasteiger partial charge in [-0.05, 0) is 79.1 Å². The van der Waals surface area contributed by atoms with Gasteiger partial charge in [-0.25, -0.2) is 0 Å². The summed E-state index contributed by atoms with van der Waals surface area (Å²) in [4.78, 5) is 52.8. The van der Waals surface area contributed by atoms with Crippen LogP contribution in [-0.4, -0.2) is 40.5 Å². The zero-order valence-electron chi connectivity index (χ0n) is 25.3. The maximum atomic E-state index is 10.6. The largest absolute Gasteiger partial charge is 0.459 e. The molecule has 0 bridgehead atoms. The van der Waals surface area contributed by atoms with E-state index in [-0.39, 0.29) is 40.6 Å². The Labute approximate surface area is 225 Å². The van der Waals surface area contributed by atoms with Crippen LogP contribution in [0.25, 0.3) is 0 Å². The SMILES string of the molecule is CC(=O)CC[C@@H](C)C(C)=O.CC[C@H](C)CCC(C)=O.CC[C@]1(C)CCC(=O)O1.CC[C@]1(C)CCC(=O)O1. The summed E-state index contributed by atoms with van der Waals surface area (Å²) in [5, 5.41) is 0. The fourth-order valence-electron chi connectivity index (χ4n) is 3.26. The summed E-state index contributed by atoms with van der Waals surface area (Å²) in [6.07, 6.45) is 9.08. The van der Waals surface area contributed by atoms with Gasteiger partial charge in [0.1, 0.15) is 28.6 Å². The first-order valence-corrected chi connectivity index (χ1v) is 14.0. The van der Waals surface area contributed by atoms with Crippen molar-refractivity contribution < 1.29 is 33.4 Å². The van der Waals surface area contributed by atoms with Gasteiger partial charge in [0.15, 0.2) is 0 Å². The molecule has 37 heavy (non-hydrogen) atoms. The smallest absolute Gasteiger partial charge is 0.306 e. The third-order valence-corrected chi connectivity index (χ3v) is 7.24. The van der Waals surface area contributed by atoms with Crippen LogP contribution in [0.1, 0.15) is 140 Å². The molecule has 2 rings (SSSR count). The quantitative estimate of drug-likeness (QED) is 0.283. The number of Topliss-reactive ketones (excluding diaryl/α,β-unsaturated/α-hetero) is 3. The van der Waals surface area contributed by atoms with Crippen LogP contribution in [0.15, 0.2) is 0 Å². The van der Waals surface area contributed by atoms with Crippen molar-refractivity contribution in [2.45, 2.75) is 151 Å². The number of carbonyl (C=O) groups excluding carboxylic acids is 5. The van der Waals surface area contributed by atoms with Crippen LogP contribution in [-0.2, 0) is 33.4 Å². The van der Waals surface area contributed by atoms with Gasteiger partial charge in [-0.15, -0.1) is 0 Å². The number of esters is 2. The van der Waals surface area contributed by atoms with Crippen LogP contribution in [0.2, 0.25) is 0 Å². The summed E-state index contributed by atoms with van der Waals surface area (Å²) in [5.41, 5.74) is -0.284. The maximum absolute atomic E-state index is 10.6. The van der Waals surface area contributed by atoms with Crippen LogP contribution < -0.4 is 0 Å². The Bertz CT molecular complexity index is 697. The van der Waals surface area contributed by atoms with Gasteiger partial charge >= 0.3 is 11.9 Å². The van der Waals surface area contributed by atoms with E-state index in [2.05, 4.69) is 13.8 Å². The molecule has 0 N–H and O–H groups in total. The van der Waals surface area contributed by atoms with Crippen molar-refractivity contribution in [3.8, 4) is 0 Å². The van der Waals surface area contributed by atoms with Crippen molar-refractivity contribution in [2.24, 2.45) is 11.8 Å². The van der Waals surface area contributed by atoms with Gasteiger partial charge in [0.05, 0.1) is 0 Å². The molecule has 7 nitrogen and oxygen atoms in total. The van der Waals surface area contributed by atoms with Gasteiger partial charge in [-0.3, -0.25) is 14.4 Å². The second kappa shape index (κ2) is 19.1. The maximum Gasteiger partial charge on any atom is 0.306 e. The molecule has 0 aliphatic carbocycles. The molecule has 0 saturated carbocycles. The van der Waals surface area contributed by atoms with E-state index in [9.17, 15) is 24.0 Å². The van der Waals surface area contributed by atoms with Crippen LogP contribution in [0.3, 0.4) is 0 Å². The molecule has 0 spiro atoms. The van der Waals surface area contributed by atoms with Gasteiger partial charge in [0, 0.05) is 31.6 Å². The number of cyclic esters (lactones) is 2. The van der Waals surface area contributed by atoms with E-state index in [0.29, 0.717) is 37.4 Å². The van der Waals surface area contributed by atoms with E-state index in [4.69, 9.17) is 9.47 Å². The predicted octanol–water partition coefficient (Wildman–Crippen LogP) is 6.97. The number of rotatable bonds is 10. The summed E-state index contributed by atoms with van der Waals surface area (Å²) in [5.74, 6) is 1.32. The highest BCUT2D eigenvalue weighted by Crippen LogP contribution is 2.29. The molecule has 216 valence electrons. The minimum absolute atomic E-state index is 0.0423. The number of hydrogen-bond acceptors (Lipinski definition) is 7. The van der Waals surface area contributed by atoms with E-state index in [1.165, 1.54) is 6.42 Å². The number of ether oxygens (including phenoxy) is 2. The first kappa shape index (κ1) is 37.1. The van der Waals surface area contributed by atoms with Crippen LogP contribution in [0.5, 0.6) is 0 Å². The Hall–Kier alpha value is -2.05. The molecule has 0 aromatic heterocycles. The average Bonchev–Trinajstić information content (AvgIpc) is 3.37. The molecule has 2 aliphatic heterocycles. The zero-order chi connectivity index (χ0) is 29.2. The second-order valence-corrected chi connectivity index (χ2v) is 11.1. The van der Waals surface area contributed by atoms with Gasteiger partial charge in [-0.1, -0.05) is 41.0 Å². The Morgan fingerprint density at radius 3 is 1.35 bits per heavy atom. The summed E-state index contributed by atoms with van der Waals surface area (Å²) in [6.45, 7) is 19.0. The first-order valence-electron chi connectivity index (χ1n) is 14.0. The topological polar surface area (TPSA) is 104 Å². The summed E-state index contributed by atoms with van der Waals surface area (Å²) in [7, 11) is 0. The Balaban J connectivity index is 0. The standard InChI is InChI=1S/C8H14O2.C8H16O.2C7H12O2/c1-6(8(3)10)4-5-7(2)9;1-4-7(2)5-6-8(3)9;2*1-3-7(2)5-4-6(8)9-7/h6H,4-5H2,1-3H3;7H,4-6H2,1-3H3;2*3-5H2,1-2H3/t6-;3*7-/m1011/s1. The molecule has 0 aromatic carbocycles. The molecule has 2 fully saturated rings. The lowest BCUT2D eigenvalue weighted by Gasteiger charge is -2.19. The van der Waals surface area contributed by atoms with E-state index in [0.717, 1.165) is 38.5 Å². The Kier molecular flexibility index (Phi) is 19.1. The van der Waals surface area contributed by atoms with Crippen molar-refractivity contribution in [1.29, 1.82) is 0 Å². The van der Waals surface area contributed by atoms with Crippen LogP contribution in [0, 0.1) is 11.8 Å². The normalized spacial score (nSPS) is 23.5. The van der Waals surface area contributed by atoms with Crippen molar-refractivity contribution in [3.05, 3.63) is 0 Å². The van der Waals surface area contributed by atoms with Gasteiger partial charge < -0.3 is 19.1 Å². The monoisotopic (exact) mass is 526 g/mol. The zero-order valence-corrected chi connectivity index (χ0v) is 25.3. The van der Waals surface area contributed by atoms with Crippen LogP contribution in [0.4, 0.5) is 0 Å². The van der Waals surface area contributed by atoms with E-state index >= 15 is 0 Å². The van der Waals surface area contributed by atoms with Crippen LogP contribution >= 0.6 is 0 Å². The lowest BCUT2D eigenvalue weighted by molar-refractivity contribution is -0.148. The Morgan fingerprint density at radius 2 is 1.14 bits per heavy atom. The molecule has 2 heterocycles. The highest BCUT2D eigenvalue weighted by Gasteiger charge is 2.34. The van der Waals surface area contributed by atoms with Gasteiger partial charge in [0.2, 0.25) is 0 Å². The molecule has 0 radical (unpaired) electrons. The minimum atomic E-state index is -0.142. The average molecular weight is 527 g/mol. The van der Waals surface area contributed by atoms with Crippen molar-refractivity contribution in [2.75, 3.05) is 0 Å². The fourth-order valence-corrected chi connectivity index (χ4v) is 3.26. The number of hydrogen-bond donors (Lipinski definition) is 0. The van der Waals surface area contributed by atoms with Crippen molar-refractivity contribution in [1.82, 2.24) is 0 Å². The second-order valence-electron chi connectivity index (χ2n) is 11.1. The highest BCUT2D eigenvalue weighted by molar-refractivity contribution is 5.80. The molecule has 0 amide bonds.